The fraction of sp³-hybridized carbons (Fsp3) is 1.00. The van der Waals surface area contributed by atoms with Crippen LogP contribution in [0, 0.1) is 0 Å². The molecule has 15 heavy (non-hydrogen) atoms. The first kappa shape index (κ1) is 15.7. The Morgan fingerprint density at radius 1 is 0.867 bits per heavy atom. The van der Waals surface area contributed by atoms with Crippen molar-refractivity contribution >= 4 is 31.3 Å². The van der Waals surface area contributed by atoms with Crippen LogP contribution in [0.1, 0.15) is 26.7 Å². The molecule has 0 fully saturated rings. The standard InChI is InChI=1S/C10H26O2SSi2/c1-3-14-11-7-5-9-13-10-6-8-12-15-4-2/h3-10,14-15H2,1-2H3. The summed E-state index contributed by atoms with van der Waals surface area (Å²) >= 11 is 2.04. The zero-order valence-corrected chi connectivity index (χ0v) is 13.9. The highest BCUT2D eigenvalue weighted by Crippen LogP contribution is 2.04. The lowest BCUT2D eigenvalue weighted by atomic mass is 10.5. The number of thioether (sulfide) groups is 1. The highest BCUT2D eigenvalue weighted by molar-refractivity contribution is 7.99. The van der Waals surface area contributed by atoms with Crippen LogP contribution < -0.4 is 0 Å². The molecule has 0 saturated carbocycles. The van der Waals surface area contributed by atoms with Crippen molar-refractivity contribution in [1.82, 2.24) is 0 Å². The van der Waals surface area contributed by atoms with Gasteiger partial charge in [-0.15, -0.1) is 0 Å². The van der Waals surface area contributed by atoms with Gasteiger partial charge in [0.15, 0.2) is 19.5 Å². The van der Waals surface area contributed by atoms with Crippen LogP contribution in [0.15, 0.2) is 0 Å². The van der Waals surface area contributed by atoms with E-state index in [1.165, 1.54) is 36.4 Å². The maximum Gasteiger partial charge on any atom is 0.161 e. The van der Waals surface area contributed by atoms with Crippen molar-refractivity contribution in [3.63, 3.8) is 0 Å². The molecule has 0 unspecified atom stereocenters. The summed E-state index contributed by atoms with van der Waals surface area (Å²) in [5.74, 6) is 2.51. The largest absolute Gasteiger partial charge is 0.424 e. The maximum atomic E-state index is 5.55. The SMILES string of the molecule is CC[SiH2]OCCCSCCCO[SiH2]CC. The third kappa shape index (κ3) is 14.7. The molecule has 0 radical (unpaired) electrons. The van der Waals surface area contributed by atoms with Gasteiger partial charge in [-0.1, -0.05) is 13.8 Å². The Morgan fingerprint density at radius 3 is 1.73 bits per heavy atom. The number of hydrogen-bond acceptors (Lipinski definition) is 3. The Balaban J connectivity index is 2.81. The van der Waals surface area contributed by atoms with Crippen LogP contribution in [0.3, 0.4) is 0 Å². The minimum Gasteiger partial charge on any atom is -0.424 e. The summed E-state index contributed by atoms with van der Waals surface area (Å²) in [6, 6.07) is 2.54. The van der Waals surface area contributed by atoms with Crippen molar-refractivity contribution in [2.75, 3.05) is 24.7 Å². The fourth-order valence-electron chi connectivity index (χ4n) is 1.12. The molecule has 0 saturated heterocycles. The van der Waals surface area contributed by atoms with E-state index in [0.717, 1.165) is 13.2 Å². The highest BCUT2D eigenvalue weighted by atomic mass is 32.2. The molecule has 0 aliphatic rings. The predicted octanol–water partition coefficient (Wildman–Crippen LogP) is 1.58. The predicted molar refractivity (Wildman–Crippen MR) is 76.5 cm³/mol. The van der Waals surface area contributed by atoms with E-state index in [-0.39, 0.29) is 19.5 Å². The normalized spacial score (nSPS) is 12.4. The third-order valence-corrected chi connectivity index (χ3v) is 4.98. The van der Waals surface area contributed by atoms with Crippen LogP contribution in [0.4, 0.5) is 0 Å². The van der Waals surface area contributed by atoms with Crippen molar-refractivity contribution < 1.29 is 8.85 Å². The van der Waals surface area contributed by atoms with Gasteiger partial charge in [-0.2, -0.15) is 11.8 Å². The zero-order chi connectivity index (χ0) is 11.2. The number of hydrogen-bond donors (Lipinski definition) is 0. The lowest BCUT2D eigenvalue weighted by molar-refractivity contribution is 0.335. The first-order valence-corrected chi connectivity index (χ1v) is 10.5. The molecule has 0 aromatic rings. The van der Waals surface area contributed by atoms with Gasteiger partial charge in [0.05, 0.1) is 0 Å². The smallest absolute Gasteiger partial charge is 0.161 e. The van der Waals surface area contributed by atoms with Crippen molar-refractivity contribution in [3.05, 3.63) is 0 Å². The summed E-state index contributed by atoms with van der Waals surface area (Å²) in [6.07, 6.45) is 2.45. The molecule has 0 amide bonds. The monoisotopic (exact) mass is 266 g/mol. The Morgan fingerprint density at radius 2 is 1.33 bits per heavy atom. The number of rotatable bonds is 12. The summed E-state index contributed by atoms with van der Waals surface area (Å²) in [4.78, 5) is 0. The minimum atomic E-state index is -0.157. The summed E-state index contributed by atoms with van der Waals surface area (Å²) in [7, 11) is -0.313. The Kier molecular flexibility index (Phi) is 15.4. The molecule has 0 rings (SSSR count). The summed E-state index contributed by atoms with van der Waals surface area (Å²) in [5.41, 5.74) is 0. The molecule has 2 nitrogen and oxygen atoms in total. The van der Waals surface area contributed by atoms with Crippen molar-refractivity contribution in [1.29, 1.82) is 0 Å². The van der Waals surface area contributed by atoms with E-state index in [1.807, 2.05) is 11.8 Å². The van der Waals surface area contributed by atoms with E-state index >= 15 is 0 Å². The molecule has 0 aromatic heterocycles. The molecule has 0 bridgehead atoms. The zero-order valence-electron chi connectivity index (χ0n) is 10.3. The van der Waals surface area contributed by atoms with Gasteiger partial charge in [0, 0.05) is 13.2 Å². The second kappa shape index (κ2) is 14.7. The molecule has 0 aliphatic carbocycles. The van der Waals surface area contributed by atoms with Gasteiger partial charge in [0.1, 0.15) is 0 Å². The van der Waals surface area contributed by atoms with Crippen LogP contribution in [0.2, 0.25) is 12.1 Å². The van der Waals surface area contributed by atoms with Crippen molar-refractivity contribution in [2.24, 2.45) is 0 Å². The Hall–Kier alpha value is 0.704. The molecule has 0 heterocycles. The molecule has 92 valence electrons. The molecular formula is C10H26O2SSi2. The second-order valence-electron chi connectivity index (χ2n) is 3.54. The van der Waals surface area contributed by atoms with Gasteiger partial charge in [0.25, 0.3) is 0 Å². The van der Waals surface area contributed by atoms with Gasteiger partial charge >= 0.3 is 0 Å². The summed E-state index contributed by atoms with van der Waals surface area (Å²) in [5, 5.41) is 0. The van der Waals surface area contributed by atoms with E-state index in [1.54, 1.807) is 0 Å². The highest BCUT2D eigenvalue weighted by Gasteiger charge is 1.92. The molecule has 0 aliphatic heterocycles. The van der Waals surface area contributed by atoms with Gasteiger partial charge in [-0.3, -0.25) is 0 Å². The first-order chi connectivity index (χ1) is 7.41. The van der Waals surface area contributed by atoms with Crippen molar-refractivity contribution in [2.45, 2.75) is 38.8 Å². The lowest BCUT2D eigenvalue weighted by Crippen LogP contribution is -2.01. The van der Waals surface area contributed by atoms with E-state index in [9.17, 15) is 0 Å². The Bertz CT molecular complexity index is 106. The molecule has 0 aromatic carbocycles. The molecule has 0 atom stereocenters. The summed E-state index contributed by atoms with van der Waals surface area (Å²) < 4.78 is 11.1. The van der Waals surface area contributed by atoms with Crippen LogP contribution in [0.25, 0.3) is 0 Å². The fourth-order valence-corrected chi connectivity index (χ4v) is 3.36. The third-order valence-electron chi connectivity index (χ3n) is 1.85. The van der Waals surface area contributed by atoms with Gasteiger partial charge in [-0.25, -0.2) is 0 Å². The topological polar surface area (TPSA) is 18.5 Å². The second-order valence-corrected chi connectivity index (χ2v) is 8.40. The first-order valence-electron chi connectivity index (χ1n) is 6.15. The van der Waals surface area contributed by atoms with Crippen LogP contribution in [-0.2, 0) is 8.85 Å². The summed E-state index contributed by atoms with van der Waals surface area (Å²) in [6.45, 7) is 6.40. The van der Waals surface area contributed by atoms with Crippen molar-refractivity contribution in [3.8, 4) is 0 Å². The van der Waals surface area contributed by atoms with E-state index in [2.05, 4.69) is 13.8 Å². The van der Waals surface area contributed by atoms with Crippen LogP contribution in [-0.4, -0.2) is 44.2 Å². The van der Waals surface area contributed by atoms with Gasteiger partial charge in [-0.05, 0) is 36.4 Å². The quantitative estimate of drug-likeness (QED) is 0.395. The Labute approximate surface area is 104 Å². The molecule has 5 heteroatoms. The molecule has 0 N–H and O–H groups in total. The molecule has 0 spiro atoms. The lowest BCUT2D eigenvalue weighted by Gasteiger charge is -2.04. The van der Waals surface area contributed by atoms with E-state index in [0.29, 0.717) is 0 Å². The average molecular weight is 267 g/mol. The van der Waals surface area contributed by atoms with Gasteiger partial charge < -0.3 is 8.85 Å². The van der Waals surface area contributed by atoms with Crippen LogP contribution >= 0.6 is 11.8 Å². The van der Waals surface area contributed by atoms with Gasteiger partial charge in [0.2, 0.25) is 0 Å². The minimum absolute atomic E-state index is 0.157. The maximum absolute atomic E-state index is 5.55. The van der Waals surface area contributed by atoms with E-state index in [4.69, 9.17) is 8.85 Å². The van der Waals surface area contributed by atoms with E-state index < -0.39 is 0 Å². The average Bonchev–Trinajstić information content (AvgIpc) is 2.26. The van der Waals surface area contributed by atoms with Crippen LogP contribution in [0.5, 0.6) is 0 Å². The molecular weight excluding hydrogens is 240 g/mol.